The highest BCUT2D eigenvalue weighted by molar-refractivity contribution is 6.79. The third kappa shape index (κ3) is 2.85. The topological polar surface area (TPSA) is 20.2 Å². The molecule has 0 aliphatic carbocycles. The fourth-order valence-corrected chi connectivity index (χ4v) is 5.55. The van der Waals surface area contributed by atoms with Crippen molar-refractivity contribution in [1.82, 2.24) is 0 Å². The molecule has 1 nitrogen and oxygen atoms in total. The lowest BCUT2D eigenvalue weighted by molar-refractivity contribution is 0.470. The molecule has 1 N–H and O–H groups in total. The van der Waals surface area contributed by atoms with E-state index in [1.807, 2.05) is 12.1 Å². The van der Waals surface area contributed by atoms with Crippen LogP contribution in [-0.2, 0) is 6.04 Å². The molecule has 0 saturated carbocycles. The average Bonchev–Trinajstić information content (AvgIpc) is 2.29. The lowest BCUT2D eigenvalue weighted by atomic mass is 10.2. The number of hydrogen-bond donors (Lipinski definition) is 1. The summed E-state index contributed by atoms with van der Waals surface area (Å²) in [5, 5.41) is 9.78. The average molecular weight is 222 g/mol. The SMILES string of the molecule is CC[Si](CC)(CC)Cc1ccccc1O. The van der Waals surface area contributed by atoms with Gasteiger partial charge in [0.1, 0.15) is 5.75 Å². The molecule has 1 aromatic rings. The Balaban J connectivity index is 2.88. The van der Waals surface area contributed by atoms with Gasteiger partial charge in [-0.2, -0.15) is 0 Å². The van der Waals surface area contributed by atoms with E-state index in [2.05, 4.69) is 26.8 Å². The van der Waals surface area contributed by atoms with E-state index in [-0.39, 0.29) is 0 Å². The van der Waals surface area contributed by atoms with Gasteiger partial charge in [0, 0.05) is 0 Å². The van der Waals surface area contributed by atoms with Gasteiger partial charge in [0.05, 0.1) is 8.07 Å². The molecule has 0 heterocycles. The molecule has 0 bridgehead atoms. The molecule has 0 aliphatic heterocycles. The number of hydrogen-bond acceptors (Lipinski definition) is 1. The number of rotatable bonds is 5. The van der Waals surface area contributed by atoms with Crippen LogP contribution in [-0.4, -0.2) is 13.2 Å². The summed E-state index contributed by atoms with van der Waals surface area (Å²) in [6, 6.07) is 12.9. The molecule has 0 saturated heterocycles. The Morgan fingerprint density at radius 2 is 1.53 bits per heavy atom. The van der Waals surface area contributed by atoms with Crippen LogP contribution < -0.4 is 0 Å². The summed E-state index contributed by atoms with van der Waals surface area (Å²) in [4.78, 5) is 0. The van der Waals surface area contributed by atoms with Gasteiger partial charge in [0.2, 0.25) is 0 Å². The summed E-state index contributed by atoms with van der Waals surface area (Å²) in [5.74, 6) is 0.477. The van der Waals surface area contributed by atoms with Crippen LogP contribution in [0.1, 0.15) is 26.3 Å². The van der Waals surface area contributed by atoms with Crippen molar-refractivity contribution < 1.29 is 5.11 Å². The van der Waals surface area contributed by atoms with Gasteiger partial charge >= 0.3 is 0 Å². The molecule has 1 rings (SSSR count). The molecule has 0 radical (unpaired) electrons. The maximum Gasteiger partial charge on any atom is 0.118 e. The summed E-state index contributed by atoms with van der Waals surface area (Å²) in [6.45, 7) is 6.91. The molecular formula is C13H22OSi. The number of phenols is 1. The molecule has 0 fully saturated rings. The van der Waals surface area contributed by atoms with Crippen molar-refractivity contribution in [3.8, 4) is 5.75 Å². The van der Waals surface area contributed by atoms with Gasteiger partial charge in [-0.1, -0.05) is 57.1 Å². The van der Waals surface area contributed by atoms with Gasteiger partial charge in [-0.05, 0) is 17.7 Å². The van der Waals surface area contributed by atoms with Crippen LogP contribution in [0.2, 0.25) is 18.1 Å². The quantitative estimate of drug-likeness (QED) is 0.747. The van der Waals surface area contributed by atoms with Crippen molar-refractivity contribution in [1.29, 1.82) is 0 Å². The first kappa shape index (κ1) is 12.3. The van der Waals surface area contributed by atoms with Gasteiger partial charge in [0.15, 0.2) is 0 Å². The van der Waals surface area contributed by atoms with E-state index >= 15 is 0 Å². The third-order valence-corrected chi connectivity index (χ3v) is 9.44. The molecular weight excluding hydrogens is 200 g/mol. The van der Waals surface area contributed by atoms with Crippen molar-refractivity contribution in [2.75, 3.05) is 0 Å². The maximum absolute atomic E-state index is 9.78. The monoisotopic (exact) mass is 222 g/mol. The second kappa shape index (κ2) is 5.36. The third-order valence-electron chi connectivity index (χ3n) is 3.81. The van der Waals surface area contributed by atoms with E-state index in [1.54, 1.807) is 6.07 Å². The number of phenolic OH excluding ortho intramolecular Hbond substituents is 1. The van der Waals surface area contributed by atoms with Gasteiger partial charge in [0.25, 0.3) is 0 Å². The van der Waals surface area contributed by atoms with E-state index in [9.17, 15) is 5.11 Å². The normalized spacial score (nSPS) is 11.7. The van der Waals surface area contributed by atoms with Crippen LogP contribution in [0.25, 0.3) is 0 Å². The summed E-state index contributed by atoms with van der Waals surface area (Å²) < 4.78 is 0. The summed E-state index contributed by atoms with van der Waals surface area (Å²) in [6.07, 6.45) is 0. The van der Waals surface area contributed by atoms with Crippen molar-refractivity contribution in [3.05, 3.63) is 29.8 Å². The van der Waals surface area contributed by atoms with Gasteiger partial charge in [-0.25, -0.2) is 0 Å². The van der Waals surface area contributed by atoms with Crippen LogP contribution >= 0.6 is 0 Å². The Hall–Kier alpha value is -0.763. The van der Waals surface area contributed by atoms with E-state index < -0.39 is 8.07 Å². The second-order valence-corrected chi connectivity index (χ2v) is 9.84. The molecule has 2 heteroatoms. The summed E-state index contributed by atoms with van der Waals surface area (Å²) >= 11 is 0. The highest BCUT2D eigenvalue weighted by Crippen LogP contribution is 2.28. The van der Waals surface area contributed by atoms with Gasteiger partial charge in [-0.3, -0.25) is 0 Å². The van der Waals surface area contributed by atoms with Crippen molar-refractivity contribution >= 4 is 8.07 Å². The van der Waals surface area contributed by atoms with Crippen LogP contribution in [0.5, 0.6) is 5.75 Å². The lowest BCUT2D eigenvalue weighted by Crippen LogP contribution is -2.34. The molecule has 0 aromatic heterocycles. The summed E-state index contributed by atoms with van der Waals surface area (Å²) in [7, 11) is -1.15. The molecule has 84 valence electrons. The van der Waals surface area contributed by atoms with Gasteiger partial charge < -0.3 is 5.11 Å². The lowest BCUT2D eigenvalue weighted by Gasteiger charge is -2.28. The van der Waals surface area contributed by atoms with Gasteiger partial charge in [-0.15, -0.1) is 0 Å². The minimum absolute atomic E-state index is 0.477. The van der Waals surface area contributed by atoms with Crippen LogP contribution in [0, 0.1) is 0 Å². The maximum atomic E-state index is 9.78. The minimum Gasteiger partial charge on any atom is -0.508 e. The Kier molecular flexibility index (Phi) is 4.39. The van der Waals surface area contributed by atoms with Crippen molar-refractivity contribution in [2.45, 2.75) is 44.9 Å². The fraction of sp³-hybridized carbons (Fsp3) is 0.538. The highest BCUT2D eigenvalue weighted by Gasteiger charge is 2.27. The zero-order valence-corrected chi connectivity index (χ0v) is 11.1. The Morgan fingerprint density at radius 1 is 1.00 bits per heavy atom. The first-order chi connectivity index (χ1) is 7.17. The number of aromatic hydroxyl groups is 1. The van der Waals surface area contributed by atoms with Crippen LogP contribution in [0.4, 0.5) is 0 Å². The molecule has 0 unspecified atom stereocenters. The summed E-state index contributed by atoms with van der Waals surface area (Å²) in [5.41, 5.74) is 1.15. The number of benzene rings is 1. The van der Waals surface area contributed by atoms with E-state index in [4.69, 9.17) is 0 Å². The minimum atomic E-state index is -1.15. The predicted octanol–water partition coefficient (Wildman–Crippen LogP) is 3.98. The fourth-order valence-electron chi connectivity index (χ4n) is 2.19. The Labute approximate surface area is 94.2 Å². The second-order valence-electron chi connectivity index (χ2n) is 4.37. The van der Waals surface area contributed by atoms with Crippen LogP contribution in [0.3, 0.4) is 0 Å². The highest BCUT2D eigenvalue weighted by atomic mass is 28.3. The first-order valence-corrected chi connectivity index (χ1v) is 8.77. The predicted molar refractivity (Wildman–Crippen MR) is 69.0 cm³/mol. The van der Waals surface area contributed by atoms with E-state index in [0.717, 1.165) is 11.6 Å². The smallest absolute Gasteiger partial charge is 0.118 e. The zero-order chi connectivity index (χ0) is 11.3. The zero-order valence-electron chi connectivity index (χ0n) is 10.1. The van der Waals surface area contributed by atoms with E-state index in [0.29, 0.717) is 5.75 Å². The molecule has 0 atom stereocenters. The van der Waals surface area contributed by atoms with E-state index in [1.165, 1.54) is 18.1 Å². The molecule has 15 heavy (non-hydrogen) atoms. The molecule has 0 spiro atoms. The van der Waals surface area contributed by atoms with Crippen molar-refractivity contribution in [2.24, 2.45) is 0 Å². The molecule has 0 aliphatic rings. The largest absolute Gasteiger partial charge is 0.508 e. The Morgan fingerprint density at radius 3 is 2.00 bits per heavy atom. The van der Waals surface area contributed by atoms with Crippen LogP contribution in [0.15, 0.2) is 24.3 Å². The molecule has 0 amide bonds. The standard InChI is InChI=1S/C13H22OSi/c1-4-15(5-2,6-3)11-12-9-7-8-10-13(12)14/h7-10,14H,4-6,11H2,1-3H3. The molecule has 1 aromatic carbocycles. The first-order valence-electron chi connectivity index (χ1n) is 5.94. The number of para-hydroxylation sites is 1. The Bertz CT molecular complexity index is 297. The van der Waals surface area contributed by atoms with Crippen molar-refractivity contribution in [3.63, 3.8) is 0 Å².